The van der Waals surface area contributed by atoms with Gasteiger partial charge in [-0.1, -0.05) is 19.1 Å². The first-order valence-electron chi connectivity index (χ1n) is 6.94. The Balaban J connectivity index is 1.62. The molecule has 3 heterocycles. The van der Waals surface area contributed by atoms with Crippen LogP contribution in [0.3, 0.4) is 0 Å². The van der Waals surface area contributed by atoms with Gasteiger partial charge in [-0.25, -0.2) is 0 Å². The molecule has 0 aliphatic heterocycles. The number of thiophene rings is 1. The molecule has 3 rings (SSSR count). The summed E-state index contributed by atoms with van der Waals surface area (Å²) >= 11 is 1.81. The summed E-state index contributed by atoms with van der Waals surface area (Å²) in [6, 6.07) is 10.7. The molecule has 104 valence electrons. The monoisotopic (exact) mass is 286 g/mol. The van der Waals surface area contributed by atoms with Gasteiger partial charge >= 0.3 is 0 Å². The third kappa shape index (κ3) is 2.73. The summed E-state index contributed by atoms with van der Waals surface area (Å²) in [7, 11) is 0. The number of nitrogens with zero attached hydrogens (tertiary/aromatic N) is 3. The van der Waals surface area contributed by atoms with Crippen molar-refractivity contribution in [2.75, 3.05) is 6.54 Å². The van der Waals surface area contributed by atoms with Crippen molar-refractivity contribution < 1.29 is 0 Å². The Morgan fingerprint density at radius 2 is 2.20 bits per heavy atom. The molecule has 20 heavy (non-hydrogen) atoms. The summed E-state index contributed by atoms with van der Waals surface area (Å²) in [5.41, 5.74) is 0.910. The van der Waals surface area contributed by atoms with Gasteiger partial charge in [-0.2, -0.15) is 0 Å². The molecule has 1 atom stereocenters. The third-order valence-electron chi connectivity index (χ3n) is 3.42. The molecule has 0 aliphatic carbocycles. The van der Waals surface area contributed by atoms with Gasteiger partial charge in [0.2, 0.25) is 0 Å². The fourth-order valence-electron chi connectivity index (χ4n) is 2.36. The van der Waals surface area contributed by atoms with Gasteiger partial charge in [0.05, 0.1) is 0 Å². The summed E-state index contributed by atoms with van der Waals surface area (Å²) in [4.78, 5) is 1.40. The van der Waals surface area contributed by atoms with E-state index in [0.717, 1.165) is 30.9 Å². The van der Waals surface area contributed by atoms with E-state index >= 15 is 0 Å². The lowest BCUT2D eigenvalue weighted by atomic mass is 10.2. The molecule has 0 aliphatic rings. The number of pyridine rings is 1. The summed E-state index contributed by atoms with van der Waals surface area (Å²) in [5.74, 6) is 1.01. The second-order valence-corrected chi connectivity index (χ2v) is 5.70. The van der Waals surface area contributed by atoms with E-state index in [1.165, 1.54) is 4.88 Å². The summed E-state index contributed by atoms with van der Waals surface area (Å²) in [6.07, 6.45) is 4.00. The number of hydrogen-bond acceptors (Lipinski definition) is 4. The molecule has 0 saturated carbocycles. The van der Waals surface area contributed by atoms with E-state index in [-0.39, 0.29) is 0 Å². The Kier molecular flexibility index (Phi) is 4.08. The SMILES string of the molecule is CCC(NCCc1nnc2ccccn12)c1cccs1. The van der Waals surface area contributed by atoms with Crippen LogP contribution >= 0.6 is 11.3 Å². The normalized spacial score (nSPS) is 12.8. The number of aromatic nitrogens is 3. The molecule has 0 fully saturated rings. The van der Waals surface area contributed by atoms with Gasteiger partial charge in [0.25, 0.3) is 0 Å². The van der Waals surface area contributed by atoms with Gasteiger partial charge in [-0.05, 0) is 30.0 Å². The predicted octanol–water partition coefficient (Wildman–Crippen LogP) is 3.07. The molecule has 3 aromatic heterocycles. The van der Waals surface area contributed by atoms with Crippen molar-refractivity contribution in [1.29, 1.82) is 0 Å². The maximum atomic E-state index is 4.26. The van der Waals surface area contributed by atoms with Crippen LogP contribution in [-0.2, 0) is 6.42 Å². The fourth-order valence-corrected chi connectivity index (χ4v) is 3.24. The molecular weight excluding hydrogens is 268 g/mol. The van der Waals surface area contributed by atoms with Gasteiger partial charge in [0.15, 0.2) is 5.65 Å². The highest BCUT2D eigenvalue weighted by Gasteiger charge is 2.10. The zero-order chi connectivity index (χ0) is 13.8. The molecule has 0 saturated heterocycles. The van der Waals surface area contributed by atoms with Crippen molar-refractivity contribution in [2.45, 2.75) is 25.8 Å². The largest absolute Gasteiger partial charge is 0.309 e. The molecule has 0 radical (unpaired) electrons. The van der Waals surface area contributed by atoms with Crippen molar-refractivity contribution in [2.24, 2.45) is 0 Å². The first kappa shape index (κ1) is 13.3. The lowest BCUT2D eigenvalue weighted by molar-refractivity contribution is 0.525. The van der Waals surface area contributed by atoms with E-state index < -0.39 is 0 Å². The topological polar surface area (TPSA) is 42.2 Å². The molecule has 5 heteroatoms. The first-order chi connectivity index (χ1) is 9.88. The Hall–Kier alpha value is -1.72. The van der Waals surface area contributed by atoms with Crippen LogP contribution in [0.2, 0.25) is 0 Å². The van der Waals surface area contributed by atoms with Crippen LogP contribution < -0.4 is 5.32 Å². The summed E-state index contributed by atoms with van der Waals surface area (Å²) < 4.78 is 2.05. The maximum absolute atomic E-state index is 4.26. The van der Waals surface area contributed by atoms with E-state index in [2.05, 4.69) is 40.0 Å². The van der Waals surface area contributed by atoms with Crippen LogP contribution in [0.25, 0.3) is 5.65 Å². The minimum absolute atomic E-state index is 0.439. The van der Waals surface area contributed by atoms with Crippen LogP contribution in [0.4, 0.5) is 0 Å². The van der Waals surface area contributed by atoms with Crippen molar-refractivity contribution in [3.05, 3.63) is 52.6 Å². The van der Waals surface area contributed by atoms with Crippen LogP contribution in [0.1, 0.15) is 30.1 Å². The van der Waals surface area contributed by atoms with Crippen LogP contribution in [0.5, 0.6) is 0 Å². The average molecular weight is 286 g/mol. The van der Waals surface area contributed by atoms with Gasteiger partial charge in [0, 0.05) is 30.1 Å². The molecular formula is C15H18N4S. The van der Waals surface area contributed by atoms with E-state index in [0.29, 0.717) is 6.04 Å². The zero-order valence-electron chi connectivity index (χ0n) is 11.5. The van der Waals surface area contributed by atoms with Crippen LogP contribution in [0, 0.1) is 0 Å². The predicted molar refractivity (Wildman–Crippen MR) is 82.0 cm³/mol. The molecule has 1 unspecified atom stereocenters. The van der Waals surface area contributed by atoms with Crippen LogP contribution in [0.15, 0.2) is 41.9 Å². The molecule has 0 amide bonds. The van der Waals surface area contributed by atoms with Gasteiger partial charge in [-0.15, -0.1) is 21.5 Å². The Labute approximate surface area is 122 Å². The smallest absolute Gasteiger partial charge is 0.160 e. The highest BCUT2D eigenvalue weighted by molar-refractivity contribution is 7.10. The fraction of sp³-hybridized carbons (Fsp3) is 0.333. The van der Waals surface area contributed by atoms with Crippen LogP contribution in [-0.4, -0.2) is 21.1 Å². The minimum Gasteiger partial charge on any atom is -0.309 e. The quantitative estimate of drug-likeness (QED) is 0.757. The third-order valence-corrected chi connectivity index (χ3v) is 4.40. The first-order valence-corrected chi connectivity index (χ1v) is 7.82. The maximum Gasteiger partial charge on any atom is 0.160 e. The van der Waals surface area contributed by atoms with Crippen molar-refractivity contribution in [1.82, 2.24) is 19.9 Å². The highest BCUT2D eigenvalue weighted by Crippen LogP contribution is 2.21. The number of rotatable bonds is 6. The van der Waals surface area contributed by atoms with E-state index in [1.54, 1.807) is 0 Å². The van der Waals surface area contributed by atoms with Crippen molar-refractivity contribution >= 4 is 17.0 Å². The van der Waals surface area contributed by atoms with Gasteiger partial charge < -0.3 is 5.32 Å². The minimum atomic E-state index is 0.439. The standard InChI is InChI=1S/C15H18N4S/c1-2-12(13-6-5-11-20-13)16-9-8-15-18-17-14-7-3-4-10-19(14)15/h3-7,10-12,16H,2,8-9H2,1H3. The number of hydrogen-bond donors (Lipinski definition) is 1. The Morgan fingerprint density at radius 3 is 3.00 bits per heavy atom. The summed E-state index contributed by atoms with van der Waals surface area (Å²) in [6.45, 7) is 3.12. The molecule has 0 bridgehead atoms. The van der Waals surface area contributed by atoms with E-state index in [1.807, 2.05) is 40.1 Å². The number of nitrogens with one attached hydrogen (secondary N) is 1. The van der Waals surface area contributed by atoms with Gasteiger partial charge in [0.1, 0.15) is 5.82 Å². The molecule has 3 aromatic rings. The van der Waals surface area contributed by atoms with E-state index in [9.17, 15) is 0 Å². The number of fused-ring (bicyclic) bond motifs is 1. The molecule has 0 aromatic carbocycles. The van der Waals surface area contributed by atoms with Gasteiger partial charge in [-0.3, -0.25) is 4.40 Å². The second kappa shape index (κ2) is 6.15. The zero-order valence-corrected chi connectivity index (χ0v) is 12.3. The molecule has 4 nitrogen and oxygen atoms in total. The summed E-state index contributed by atoms with van der Waals surface area (Å²) in [5, 5.41) is 14.2. The Morgan fingerprint density at radius 1 is 1.25 bits per heavy atom. The lowest BCUT2D eigenvalue weighted by Crippen LogP contribution is -2.23. The highest BCUT2D eigenvalue weighted by atomic mass is 32.1. The molecule has 1 N–H and O–H groups in total. The van der Waals surface area contributed by atoms with E-state index in [4.69, 9.17) is 0 Å². The van der Waals surface area contributed by atoms with Crippen molar-refractivity contribution in [3.63, 3.8) is 0 Å². The molecule has 0 spiro atoms. The average Bonchev–Trinajstić information content (AvgIpc) is 3.14. The lowest BCUT2D eigenvalue weighted by Gasteiger charge is -2.14. The Bertz CT molecular complexity index is 659. The van der Waals surface area contributed by atoms with Crippen molar-refractivity contribution in [3.8, 4) is 0 Å². The second-order valence-electron chi connectivity index (χ2n) is 4.73.